The summed E-state index contributed by atoms with van der Waals surface area (Å²) in [6.45, 7) is 5.35. The molecule has 0 aromatic rings. The molecule has 0 bridgehead atoms. The van der Waals surface area contributed by atoms with Crippen molar-refractivity contribution in [2.45, 2.75) is 26.3 Å². The number of carbonyl (C=O) groups is 3. The van der Waals surface area contributed by atoms with Gasteiger partial charge in [-0.2, -0.15) is 0 Å². The molecule has 0 aliphatic carbocycles. The fourth-order valence-corrected chi connectivity index (χ4v) is 0.773. The lowest BCUT2D eigenvalue weighted by Gasteiger charge is -2.11. The number of rotatable bonds is 1. The number of imide groups is 1. The highest BCUT2D eigenvalue weighted by Crippen LogP contribution is 2.05. The standard InChI is InChI=1S/C5H8N2O2.C3H7NO2/c1-5(2)3(8)6-4(9)7-5;1-2-6-3(4)5/h1-2H3,(H2,6,7,8,9);2H2,1H3,(H2,4,5). The van der Waals surface area contributed by atoms with Crippen LogP contribution in [-0.2, 0) is 9.53 Å². The van der Waals surface area contributed by atoms with Crippen LogP contribution in [-0.4, -0.2) is 30.2 Å². The molecule has 1 aliphatic heterocycles. The number of ether oxygens (including phenoxy) is 1. The predicted molar refractivity (Wildman–Crippen MR) is 52.0 cm³/mol. The number of hydrogen-bond acceptors (Lipinski definition) is 4. The van der Waals surface area contributed by atoms with Crippen molar-refractivity contribution in [1.82, 2.24) is 10.6 Å². The van der Waals surface area contributed by atoms with E-state index in [1.807, 2.05) is 0 Å². The van der Waals surface area contributed by atoms with E-state index in [1.165, 1.54) is 0 Å². The van der Waals surface area contributed by atoms with Crippen LogP contribution in [0, 0.1) is 0 Å². The van der Waals surface area contributed by atoms with Gasteiger partial charge in [-0.3, -0.25) is 10.1 Å². The smallest absolute Gasteiger partial charge is 0.404 e. The van der Waals surface area contributed by atoms with Crippen molar-refractivity contribution >= 4 is 18.0 Å². The van der Waals surface area contributed by atoms with Crippen molar-refractivity contribution in [2.75, 3.05) is 6.61 Å². The van der Waals surface area contributed by atoms with Crippen LogP contribution in [0.3, 0.4) is 0 Å². The van der Waals surface area contributed by atoms with Crippen molar-refractivity contribution in [3.05, 3.63) is 0 Å². The molecule has 0 aromatic carbocycles. The average molecular weight is 217 g/mol. The maximum Gasteiger partial charge on any atom is 0.404 e. The maximum atomic E-state index is 10.7. The Hall–Kier alpha value is -1.79. The Labute approximate surface area is 87.3 Å². The summed E-state index contributed by atoms with van der Waals surface area (Å²) in [6.07, 6.45) is -0.711. The minimum absolute atomic E-state index is 0.271. The first-order chi connectivity index (χ1) is 6.79. The summed E-state index contributed by atoms with van der Waals surface area (Å²) in [4.78, 5) is 30.7. The number of nitrogens with one attached hydrogen (secondary N) is 2. The van der Waals surface area contributed by atoms with Gasteiger partial charge < -0.3 is 15.8 Å². The monoisotopic (exact) mass is 217 g/mol. The van der Waals surface area contributed by atoms with E-state index in [9.17, 15) is 14.4 Å². The molecule has 0 aromatic heterocycles. The molecule has 1 saturated heterocycles. The highest BCUT2D eigenvalue weighted by Gasteiger charge is 2.36. The number of carbonyl (C=O) groups excluding carboxylic acids is 3. The molecule has 86 valence electrons. The zero-order valence-corrected chi connectivity index (χ0v) is 8.92. The van der Waals surface area contributed by atoms with Gasteiger partial charge in [0, 0.05) is 0 Å². The van der Waals surface area contributed by atoms with Crippen LogP contribution in [0.5, 0.6) is 0 Å². The van der Waals surface area contributed by atoms with Crippen LogP contribution >= 0.6 is 0 Å². The normalized spacial score (nSPS) is 17.0. The molecule has 1 rings (SSSR count). The highest BCUT2D eigenvalue weighted by molar-refractivity contribution is 6.06. The van der Waals surface area contributed by atoms with Gasteiger partial charge in [-0.25, -0.2) is 9.59 Å². The molecule has 0 saturated carbocycles. The van der Waals surface area contributed by atoms with E-state index >= 15 is 0 Å². The molecule has 15 heavy (non-hydrogen) atoms. The summed E-state index contributed by atoms with van der Waals surface area (Å²) >= 11 is 0. The Bertz CT molecular complexity index is 275. The molecule has 4 N–H and O–H groups in total. The third-order valence-corrected chi connectivity index (χ3v) is 1.51. The van der Waals surface area contributed by atoms with Crippen LogP contribution in [0.2, 0.25) is 0 Å². The third-order valence-electron chi connectivity index (χ3n) is 1.51. The Balaban J connectivity index is 0.000000288. The lowest BCUT2D eigenvalue weighted by molar-refractivity contribution is -0.122. The highest BCUT2D eigenvalue weighted by atomic mass is 16.5. The maximum absolute atomic E-state index is 10.7. The van der Waals surface area contributed by atoms with Crippen LogP contribution in [0.25, 0.3) is 0 Å². The Morgan fingerprint density at radius 2 is 2.00 bits per heavy atom. The van der Waals surface area contributed by atoms with Crippen molar-refractivity contribution in [3.63, 3.8) is 0 Å². The van der Waals surface area contributed by atoms with Gasteiger partial charge in [-0.1, -0.05) is 0 Å². The van der Waals surface area contributed by atoms with Gasteiger partial charge in [0.2, 0.25) is 0 Å². The summed E-state index contributed by atoms with van der Waals surface area (Å²) < 4.78 is 4.18. The van der Waals surface area contributed by atoms with Crippen molar-refractivity contribution in [2.24, 2.45) is 5.73 Å². The van der Waals surface area contributed by atoms with Gasteiger partial charge in [0.15, 0.2) is 0 Å². The topological polar surface area (TPSA) is 111 Å². The second-order valence-electron chi connectivity index (χ2n) is 3.29. The van der Waals surface area contributed by atoms with Crippen LogP contribution in [0.15, 0.2) is 0 Å². The predicted octanol–water partition coefficient (Wildman–Crippen LogP) is -0.294. The fraction of sp³-hybridized carbons (Fsp3) is 0.625. The quantitative estimate of drug-likeness (QED) is 0.524. The van der Waals surface area contributed by atoms with E-state index < -0.39 is 17.7 Å². The molecule has 0 unspecified atom stereocenters. The average Bonchev–Trinajstić information content (AvgIpc) is 2.24. The second kappa shape index (κ2) is 5.18. The van der Waals surface area contributed by atoms with E-state index in [-0.39, 0.29) is 5.91 Å². The Morgan fingerprint density at radius 1 is 1.47 bits per heavy atom. The van der Waals surface area contributed by atoms with E-state index in [2.05, 4.69) is 21.1 Å². The molecule has 1 heterocycles. The molecule has 0 radical (unpaired) electrons. The van der Waals surface area contributed by atoms with E-state index in [1.54, 1.807) is 20.8 Å². The Morgan fingerprint density at radius 3 is 2.07 bits per heavy atom. The summed E-state index contributed by atoms with van der Waals surface area (Å²) in [5.41, 5.74) is 3.82. The molecule has 0 spiro atoms. The first-order valence-electron chi connectivity index (χ1n) is 4.35. The zero-order valence-electron chi connectivity index (χ0n) is 8.92. The van der Waals surface area contributed by atoms with Gasteiger partial charge in [0.25, 0.3) is 5.91 Å². The van der Waals surface area contributed by atoms with Gasteiger partial charge in [-0.15, -0.1) is 0 Å². The van der Waals surface area contributed by atoms with Gasteiger partial charge in [-0.05, 0) is 20.8 Å². The minimum Gasteiger partial charge on any atom is -0.450 e. The SMILES string of the molecule is CC1(C)NC(=O)NC1=O.CCOC(N)=O. The van der Waals surface area contributed by atoms with Gasteiger partial charge in [0.1, 0.15) is 5.54 Å². The van der Waals surface area contributed by atoms with E-state index in [0.29, 0.717) is 6.61 Å². The van der Waals surface area contributed by atoms with E-state index in [4.69, 9.17) is 0 Å². The molecular formula is C8H15N3O4. The van der Waals surface area contributed by atoms with Gasteiger partial charge >= 0.3 is 12.1 Å². The lowest BCUT2D eigenvalue weighted by Crippen LogP contribution is -2.39. The summed E-state index contributed by atoms with van der Waals surface area (Å²) in [6, 6.07) is -0.412. The number of amides is 4. The van der Waals surface area contributed by atoms with Crippen molar-refractivity contribution in [3.8, 4) is 0 Å². The van der Waals surface area contributed by atoms with Crippen LogP contribution in [0.1, 0.15) is 20.8 Å². The molecule has 0 atom stereocenters. The summed E-state index contributed by atoms with van der Waals surface area (Å²) in [5, 5.41) is 4.56. The number of nitrogens with two attached hydrogens (primary N) is 1. The molecule has 7 heteroatoms. The molecule has 1 aliphatic rings. The minimum atomic E-state index is -0.725. The second-order valence-corrected chi connectivity index (χ2v) is 3.29. The number of hydrogen-bond donors (Lipinski definition) is 3. The largest absolute Gasteiger partial charge is 0.450 e. The third kappa shape index (κ3) is 4.84. The molecule has 7 nitrogen and oxygen atoms in total. The fourth-order valence-electron chi connectivity index (χ4n) is 0.773. The van der Waals surface area contributed by atoms with Crippen molar-refractivity contribution < 1.29 is 19.1 Å². The van der Waals surface area contributed by atoms with Crippen LogP contribution < -0.4 is 16.4 Å². The Kier molecular flexibility index (Phi) is 4.56. The van der Waals surface area contributed by atoms with Crippen molar-refractivity contribution in [1.29, 1.82) is 0 Å². The van der Waals surface area contributed by atoms with Gasteiger partial charge in [0.05, 0.1) is 6.61 Å². The molecule has 1 fully saturated rings. The first kappa shape index (κ1) is 13.2. The zero-order chi connectivity index (χ0) is 12.1. The summed E-state index contributed by atoms with van der Waals surface area (Å²) in [7, 11) is 0. The molecular weight excluding hydrogens is 202 g/mol. The summed E-state index contributed by atoms with van der Waals surface area (Å²) in [5.74, 6) is -0.271. The van der Waals surface area contributed by atoms with E-state index in [0.717, 1.165) is 0 Å². The first-order valence-corrected chi connectivity index (χ1v) is 4.35. The number of primary amides is 1. The number of urea groups is 1. The lowest BCUT2D eigenvalue weighted by atomic mass is 10.1. The van der Waals surface area contributed by atoms with Crippen LogP contribution in [0.4, 0.5) is 9.59 Å². The molecule has 4 amide bonds.